The highest BCUT2D eigenvalue weighted by atomic mass is 16.5. The fourth-order valence-corrected chi connectivity index (χ4v) is 1.96. The molecule has 1 amide bonds. The van der Waals surface area contributed by atoms with E-state index in [9.17, 15) is 4.79 Å². The summed E-state index contributed by atoms with van der Waals surface area (Å²) < 4.78 is 5.28. The van der Waals surface area contributed by atoms with Crippen molar-refractivity contribution < 1.29 is 9.53 Å². The highest BCUT2D eigenvalue weighted by Crippen LogP contribution is 2.17. The first-order valence-electron chi connectivity index (χ1n) is 4.97. The average molecular weight is 184 g/mol. The topological polar surface area (TPSA) is 50.4 Å². The van der Waals surface area contributed by atoms with Crippen LogP contribution in [0.25, 0.3) is 0 Å². The van der Waals surface area contributed by atoms with E-state index in [0.717, 1.165) is 39.1 Å². The molecule has 0 bridgehead atoms. The van der Waals surface area contributed by atoms with E-state index in [1.54, 1.807) is 0 Å². The van der Waals surface area contributed by atoms with E-state index in [0.29, 0.717) is 5.92 Å². The summed E-state index contributed by atoms with van der Waals surface area (Å²) in [5.41, 5.74) is 0. The Balaban J connectivity index is 1.97. The van der Waals surface area contributed by atoms with Crippen molar-refractivity contribution in [2.45, 2.75) is 18.9 Å². The first kappa shape index (κ1) is 8.97. The van der Waals surface area contributed by atoms with Gasteiger partial charge in [0.2, 0.25) is 5.91 Å². The third-order valence-corrected chi connectivity index (χ3v) is 2.74. The maximum atomic E-state index is 11.6. The van der Waals surface area contributed by atoms with E-state index in [1.807, 2.05) is 0 Å². The van der Waals surface area contributed by atoms with Crippen molar-refractivity contribution in [3.05, 3.63) is 0 Å². The van der Waals surface area contributed by atoms with E-state index in [-0.39, 0.29) is 11.9 Å². The molecule has 2 aliphatic heterocycles. The number of hydrogen-bond acceptors (Lipinski definition) is 3. The van der Waals surface area contributed by atoms with Crippen LogP contribution in [0.4, 0.5) is 0 Å². The van der Waals surface area contributed by atoms with E-state index in [2.05, 4.69) is 10.6 Å². The minimum absolute atomic E-state index is 0.0231. The summed E-state index contributed by atoms with van der Waals surface area (Å²) in [4.78, 5) is 11.6. The summed E-state index contributed by atoms with van der Waals surface area (Å²) in [5.74, 6) is 0.520. The Morgan fingerprint density at radius 1 is 1.38 bits per heavy atom. The molecule has 0 spiro atoms. The van der Waals surface area contributed by atoms with Crippen LogP contribution in [0.3, 0.4) is 0 Å². The molecule has 0 radical (unpaired) electrons. The summed E-state index contributed by atoms with van der Waals surface area (Å²) >= 11 is 0. The van der Waals surface area contributed by atoms with Crippen LogP contribution in [0.15, 0.2) is 0 Å². The maximum absolute atomic E-state index is 11.6. The van der Waals surface area contributed by atoms with Gasteiger partial charge in [-0.1, -0.05) is 0 Å². The van der Waals surface area contributed by atoms with Crippen molar-refractivity contribution in [3.63, 3.8) is 0 Å². The number of rotatable bonds is 1. The summed E-state index contributed by atoms with van der Waals surface area (Å²) in [6.45, 7) is 3.26. The summed E-state index contributed by atoms with van der Waals surface area (Å²) in [6, 6.07) is -0.0231. The van der Waals surface area contributed by atoms with Crippen molar-refractivity contribution in [1.29, 1.82) is 0 Å². The van der Waals surface area contributed by atoms with Gasteiger partial charge in [-0.05, 0) is 19.4 Å². The number of amides is 1. The zero-order valence-corrected chi connectivity index (χ0v) is 7.71. The second-order valence-corrected chi connectivity index (χ2v) is 3.70. The minimum atomic E-state index is -0.0231. The molecule has 4 heteroatoms. The van der Waals surface area contributed by atoms with Gasteiger partial charge in [0.1, 0.15) is 0 Å². The van der Waals surface area contributed by atoms with Crippen molar-refractivity contribution in [3.8, 4) is 0 Å². The second-order valence-electron chi connectivity index (χ2n) is 3.70. The molecular formula is C9H16N2O2. The zero-order chi connectivity index (χ0) is 9.10. The van der Waals surface area contributed by atoms with Crippen LogP contribution in [0.5, 0.6) is 0 Å². The molecule has 0 aromatic carbocycles. The van der Waals surface area contributed by atoms with Gasteiger partial charge in [-0.3, -0.25) is 4.79 Å². The Labute approximate surface area is 78.0 Å². The Bertz CT molecular complexity index is 190. The lowest BCUT2D eigenvalue weighted by molar-refractivity contribution is -0.123. The standard InChI is InChI=1S/C9H16N2O2/c12-9-8(7-2-5-13-6-7)10-3-1-4-11-9/h7-8,10H,1-6H2,(H,11,12). The predicted octanol–water partition coefficient (Wildman–Crippen LogP) is -0.499. The van der Waals surface area contributed by atoms with Crippen molar-refractivity contribution in [2.75, 3.05) is 26.3 Å². The molecule has 2 fully saturated rings. The van der Waals surface area contributed by atoms with Gasteiger partial charge in [0.15, 0.2) is 0 Å². The average Bonchev–Trinajstić information content (AvgIpc) is 2.56. The quantitative estimate of drug-likeness (QED) is 0.577. The Morgan fingerprint density at radius 3 is 3.08 bits per heavy atom. The van der Waals surface area contributed by atoms with Gasteiger partial charge in [-0.25, -0.2) is 0 Å². The zero-order valence-electron chi connectivity index (χ0n) is 7.71. The van der Waals surface area contributed by atoms with Crippen LogP contribution in [0.1, 0.15) is 12.8 Å². The lowest BCUT2D eigenvalue weighted by Crippen LogP contribution is -2.46. The monoisotopic (exact) mass is 184 g/mol. The fraction of sp³-hybridized carbons (Fsp3) is 0.889. The van der Waals surface area contributed by atoms with E-state index in [1.165, 1.54) is 0 Å². The highest BCUT2D eigenvalue weighted by molar-refractivity contribution is 5.82. The second kappa shape index (κ2) is 4.07. The Hall–Kier alpha value is -0.610. The normalized spacial score (nSPS) is 35.5. The van der Waals surface area contributed by atoms with Crippen LogP contribution in [0, 0.1) is 5.92 Å². The molecule has 2 unspecified atom stereocenters. The molecule has 2 atom stereocenters. The predicted molar refractivity (Wildman–Crippen MR) is 48.3 cm³/mol. The van der Waals surface area contributed by atoms with Gasteiger partial charge in [0, 0.05) is 19.1 Å². The highest BCUT2D eigenvalue weighted by Gasteiger charge is 2.31. The van der Waals surface area contributed by atoms with Crippen LogP contribution >= 0.6 is 0 Å². The lowest BCUT2D eigenvalue weighted by atomic mass is 9.98. The molecule has 2 heterocycles. The molecule has 74 valence electrons. The van der Waals surface area contributed by atoms with Gasteiger partial charge in [0.25, 0.3) is 0 Å². The maximum Gasteiger partial charge on any atom is 0.237 e. The van der Waals surface area contributed by atoms with E-state index < -0.39 is 0 Å². The molecule has 2 saturated heterocycles. The van der Waals surface area contributed by atoms with Crippen molar-refractivity contribution >= 4 is 5.91 Å². The van der Waals surface area contributed by atoms with Crippen LogP contribution in [0.2, 0.25) is 0 Å². The smallest absolute Gasteiger partial charge is 0.237 e. The molecular weight excluding hydrogens is 168 g/mol. The molecule has 2 aliphatic rings. The molecule has 13 heavy (non-hydrogen) atoms. The van der Waals surface area contributed by atoms with Crippen molar-refractivity contribution in [2.24, 2.45) is 5.92 Å². The molecule has 0 aliphatic carbocycles. The van der Waals surface area contributed by atoms with Gasteiger partial charge >= 0.3 is 0 Å². The molecule has 4 nitrogen and oxygen atoms in total. The third-order valence-electron chi connectivity index (χ3n) is 2.74. The molecule has 0 aromatic rings. The molecule has 0 aromatic heterocycles. The van der Waals surface area contributed by atoms with Gasteiger partial charge in [-0.15, -0.1) is 0 Å². The summed E-state index contributed by atoms with van der Waals surface area (Å²) in [5, 5.41) is 6.20. The molecule has 2 N–H and O–H groups in total. The van der Waals surface area contributed by atoms with Crippen LogP contribution in [-0.2, 0) is 9.53 Å². The number of hydrogen-bond donors (Lipinski definition) is 2. The van der Waals surface area contributed by atoms with Crippen LogP contribution < -0.4 is 10.6 Å². The van der Waals surface area contributed by atoms with E-state index >= 15 is 0 Å². The summed E-state index contributed by atoms with van der Waals surface area (Å²) in [7, 11) is 0. The minimum Gasteiger partial charge on any atom is -0.381 e. The summed E-state index contributed by atoms with van der Waals surface area (Å²) in [6.07, 6.45) is 2.03. The first-order chi connectivity index (χ1) is 6.38. The largest absolute Gasteiger partial charge is 0.381 e. The molecule has 0 saturated carbocycles. The lowest BCUT2D eigenvalue weighted by Gasteiger charge is -2.19. The molecule has 2 rings (SSSR count). The number of carbonyl (C=O) groups is 1. The van der Waals surface area contributed by atoms with E-state index in [4.69, 9.17) is 4.74 Å². The third kappa shape index (κ3) is 2.00. The number of carbonyl (C=O) groups excluding carboxylic acids is 1. The van der Waals surface area contributed by atoms with Gasteiger partial charge in [-0.2, -0.15) is 0 Å². The number of ether oxygens (including phenoxy) is 1. The SMILES string of the molecule is O=C1NCCCNC1C1CCOC1. The van der Waals surface area contributed by atoms with Crippen LogP contribution in [-0.4, -0.2) is 38.3 Å². The van der Waals surface area contributed by atoms with Crippen molar-refractivity contribution in [1.82, 2.24) is 10.6 Å². The fourth-order valence-electron chi connectivity index (χ4n) is 1.96. The van der Waals surface area contributed by atoms with Gasteiger partial charge < -0.3 is 15.4 Å². The first-order valence-corrected chi connectivity index (χ1v) is 4.97. The Morgan fingerprint density at radius 2 is 2.31 bits per heavy atom. The number of nitrogens with one attached hydrogen (secondary N) is 2. The van der Waals surface area contributed by atoms with Gasteiger partial charge in [0.05, 0.1) is 12.6 Å². The Kier molecular flexibility index (Phi) is 2.80.